The second-order valence-corrected chi connectivity index (χ2v) is 3.32. The van der Waals surface area contributed by atoms with E-state index in [0.29, 0.717) is 5.70 Å². The summed E-state index contributed by atoms with van der Waals surface area (Å²) in [5, 5.41) is 9.69. The molecule has 7 N–H and O–H groups in total. The van der Waals surface area contributed by atoms with Crippen molar-refractivity contribution in [3.63, 3.8) is 0 Å². The molecule has 90 valence electrons. The molecule has 5 heteroatoms. The Morgan fingerprint density at radius 1 is 1.24 bits per heavy atom. The van der Waals surface area contributed by atoms with E-state index in [1.807, 2.05) is 30.3 Å². The molecule has 1 aromatic carbocycles. The maximum absolute atomic E-state index is 9.69. The van der Waals surface area contributed by atoms with Crippen LogP contribution in [0.2, 0.25) is 0 Å². The molecular weight excluding hydrogens is 216 g/mol. The molecule has 0 aliphatic rings. The molecule has 0 atom stereocenters. The lowest BCUT2D eigenvalue weighted by atomic mass is 10.0. The highest BCUT2D eigenvalue weighted by Gasteiger charge is 2.13. The summed E-state index contributed by atoms with van der Waals surface area (Å²) in [6.07, 6.45) is 1.03. The highest BCUT2D eigenvalue weighted by atomic mass is 16.3. The monoisotopic (exact) mass is 232 g/mol. The topological polar surface area (TPSA) is 111 Å². The van der Waals surface area contributed by atoms with Crippen LogP contribution in [0.5, 0.6) is 0 Å². The Labute approximate surface area is 100.0 Å². The van der Waals surface area contributed by atoms with Gasteiger partial charge in [-0.3, -0.25) is 4.99 Å². The van der Waals surface area contributed by atoms with Crippen LogP contribution in [0.25, 0.3) is 5.70 Å². The lowest BCUT2D eigenvalue weighted by molar-refractivity contribution is 0.426. The fraction of sp³-hybridized carbons (Fsp3) is 0.0833. The number of aliphatic hydroxyl groups excluding tert-OH is 1. The van der Waals surface area contributed by atoms with Crippen molar-refractivity contribution in [1.82, 2.24) is 0 Å². The predicted molar refractivity (Wildman–Crippen MR) is 70.0 cm³/mol. The van der Waals surface area contributed by atoms with Crippen LogP contribution in [0.3, 0.4) is 0 Å². The van der Waals surface area contributed by atoms with Gasteiger partial charge in [0.1, 0.15) is 11.6 Å². The van der Waals surface area contributed by atoms with E-state index in [-0.39, 0.29) is 17.2 Å². The van der Waals surface area contributed by atoms with Gasteiger partial charge in [-0.1, -0.05) is 30.3 Å². The number of benzene rings is 1. The molecule has 0 aliphatic carbocycles. The molecule has 0 saturated heterocycles. The van der Waals surface area contributed by atoms with Crippen molar-refractivity contribution < 1.29 is 5.11 Å². The summed E-state index contributed by atoms with van der Waals surface area (Å²) in [4.78, 5) is 3.80. The van der Waals surface area contributed by atoms with Crippen LogP contribution in [-0.2, 0) is 0 Å². The largest absolute Gasteiger partial charge is 0.506 e. The van der Waals surface area contributed by atoms with E-state index in [1.54, 1.807) is 0 Å². The van der Waals surface area contributed by atoms with Crippen LogP contribution in [0.15, 0.2) is 52.9 Å². The number of nitrogens with zero attached hydrogens (tertiary/aromatic N) is 1. The van der Waals surface area contributed by atoms with Crippen molar-refractivity contribution in [1.29, 1.82) is 0 Å². The second kappa shape index (κ2) is 5.60. The molecule has 0 unspecified atom stereocenters. The third-order valence-corrected chi connectivity index (χ3v) is 2.27. The average Bonchev–Trinajstić information content (AvgIpc) is 2.39. The molecule has 1 rings (SSSR count). The van der Waals surface area contributed by atoms with E-state index in [2.05, 4.69) is 4.99 Å². The molecular formula is C12H16N4O. The molecule has 0 aliphatic heterocycles. The van der Waals surface area contributed by atoms with Crippen molar-refractivity contribution in [2.24, 2.45) is 22.2 Å². The van der Waals surface area contributed by atoms with Crippen LogP contribution in [0, 0.1) is 0 Å². The Morgan fingerprint density at radius 3 is 2.29 bits per heavy atom. The maximum Gasteiger partial charge on any atom is 0.144 e. The first kappa shape index (κ1) is 12.6. The molecule has 0 aromatic heterocycles. The minimum absolute atomic E-state index is 0.130. The average molecular weight is 232 g/mol. The maximum atomic E-state index is 9.69. The Balaban J connectivity index is 3.40. The highest BCUT2D eigenvalue weighted by molar-refractivity contribution is 6.06. The summed E-state index contributed by atoms with van der Waals surface area (Å²) in [5.74, 6) is -0.0694. The number of rotatable bonds is 3. The molecule has 0 saturated carbocycles. The zero-order valence-electron chi connectivity index (χ0n) is 9.59. The molecule has 0 radical (unpaired) electrons. The molecule has 17 heavy (non-hydrogen) atoms. The molecule has 5 nitrogen and oxygen atoms in total. The van der Waals surface area contributed by atoms with E-state index in [0.717, 1.165) is 11.8 Å². The van der Waals surface area contributed by atoms with Crippen LogP contribution in [-0.4, -0.2) is 18.0 Å². The summed E-state index contributed by atoms with van der Waals surface area (Å²) in [7, 11) is 1.51. The highest BCUT2D eigenvalue weighted by Crippen LogP contribution is 2.18. The SMILES string of the molecule is CN=C(N)C(=C(N)c1ccccc1)/C(O)=C\N. The summed E-state index contributed by atoms with van der Waals surface area (Å²) in [6.45, 7) is 0. The van der Waals surface area contributed by atoms with Crippen molar-refractivity contribution in [2.45, 2.75) is 0 Å². The lowest BCUT2D eigenvalue weighted by Gasteiger charge is -2.10. The smallest absolute Gasteiger partial charge is 0.144 e. The van der Waals surface area contributed by atoms with E-state index in [9.17, 15) is 5.11 Å². The van der Waals surface area contributed by atoms with Gasteiger partial charge in [0, 0.05) is 13.2 Å². The van der Waals surface area contributed by atoms with Gasteiger partial charge in [-0.15, -0.1) is 0 Å². The first-order valence-electron chi connectivity index (χ1n) is 5.00. The predicted octanol–water partition coefficient (Wildman–Crippen LogP) is 0.701. The van der Waals surface area contributed by atoms with Crippen LogP contribution in [0.1, 0.15) is 5.56 Å². The van der Waals surface area contributed by atoms with Gasteiger partial charge in [-0.25, -0.2) is 0 Å². The molecule has 0 heterocycles. The molecule has 0 amide bonds. The Bertz CT molecular complexity index is 455. The van der Waals surface area contributed by atoms with E-state index >= 15 is 0 Å². The summed E-state index contributed by atoms with van der Waals surface area (Å²) in [5.41, 5.74) is 18.2. The van der Waals surface area contributed by atoms with Gasteiger partial charge in [-0.2, -0.15) is 0 Å². The first-order chi connectivity index (χ1) is 8.11. The molecule has 0 spiro atoms. The van der Waals surface area contributed by atoms with Gasteiger partial charge >= 0.3 is 0 Å². The number of aliphatic imine (C=N–C) groups is 1. The van der Waals surface area contributed by atoms with Gasteiger partial charge < -0.3 is 22.3 Å². The number of aliphatic hydroxyl groups is 1. The number of nitrogens with two attached hydrogens (primary N) is 3. The van der Waals surface area contributed by atoms with Gasteiger partial charge in [0.15, 0.2) is 0 Å². The van der Waals surface area contributed by atoms with Crippen LogP contribution < -0.4 is 17.2 Å². The number of amidine groups is 1. The van der Waals surface area contributed by atoms with Gasteiger partial charge in [0.05, 0.1) is 11.3 Å². The summed E-state index contributed by atoms with van der Waals surface area (Å²) >= 11 is 0. The van der Waals surface area contributed by atoms with E-state index < -0.39 is 0 Å². The quantitative estimate of drug-likeness (QED) is 0.266. The summed E-state index contributed by atoms with van der Waals surface area (Å²) in [6, 6.07) is 9.15. The fourth-order valence-electron chi connectivity index (χ4n) is 1.36. The van der Waals surface area contributed by atoms with E-state index in [1.165, 1.54) is 7.05 Å². The second-order valence-electron chi connectivity index (χ2n) is 3.32. The third-order valence-electron chi connectivity index (χ3n) is 2.27. The zero-order chi connectivity index (χ0) is 12.8. The minimum atomic E-state index is -0.200. The van der Waals surface area contributed by atoms with Crippen molar-refractivity contribution in [3.8, 4) is 0 Å². The fourth-order valence-corrected chi connectivity index (χ4v) is 1.36. The summed E-state index contributed by atoms with van der Waals surface area (Å²) < 4.78 is 0. The number of hydrogen-bond acceptors (Lipinski definition) is 4. The molecule has 0 fully saturated rings. The molecule has 0 bridgehead atoms. The Kier molecular flexibility index (Phi) is 4.16. The minimum Gasteiger partial charge on any atom is -0.506 e. The van der Waals surface area contributed by atoms with Crippen molar-refractivity contribution in [3.05, 3.63) is 53.4 Å². The molecule has 1 aromatic rings. The Morgan fingerprint density at radius 2 is 1.82 bits per heavy atom. The van der Waals surface area contributed by atoms with Gasteiger partial charge in [-0.05, 0) is 5.56 Å². The standard InChI is InChI=1S/C12H16N4O/c1-16-12(15)10(9(17)7-13)11(14)8-5-3-2-4-6-8/h2-7,17H,13-14H2,1H3,(H2,15,16)/b9-7+,11-10?. The van der Waals surface area contributed by atoms with Gasteiger partial charge in [0.2, 0.25) is 0 Å². The van der Waals surface area contributed by atoms with Crippen molar-refractivity contribution >= 4 is 11.5 Å². The zero-order valence-corrected chi connectivity index (χ0v) is 9.59. The van der Waals surface area contributed by atoms with Crippen molar-refractivity contribution in [2.75, 3.05) is 7.05 Å². The Hall–Kier alpha value is -2.43. The third kappa shape index (κ3) is 2.78. The van der Waals surface area contributed by atoms with Crippen LogP contribution in [0.4, 0.5) is 0 Å². The number of hydrogen-bond donors (Lipinski definition) is 4. The first-order valence-corrected chi connectivity index (χ1v) is 5.00. The lowest BCUT2D eigenvalue weighted by Crippen LogP contribution is -2.21. The van der Waals surface area contributed by atoms with Crippen LogP contribution >= 0.6 is 0 Å². The normalized spacial score (nSPS) is 14.4. The van der Waals surface area contributed by atoms with E-state index in [4.69, 9.17) is 17.2 Å². The van der Waals surface area contributed by atoms with Gasteiger partial charge in [0.25, 0.3) is 0 Å².